The summed E-state index contributed by atoms with van der Waals surface area (Å²) >= 11 is 0. The van der Waals surface area contributed by atoms with Crippen molar-refractivity contribution >= 4 is 60.4 Å². The quantitative estimate of drug-likeness (QED) is 0.183. The third-order valence-corrected chi connectivity index (χ3v) is 9.21. The van der Waals surface area contributed by atoms with Crippen molar-refractivity contribution in [2.24, 2.45) is 0 Å². The smallest absolute Gasteiger partial charge is 0.138 e. The summed E-state index contributed by atoms with van der Waals surface area (Å²) in [5, 5.41) is 8.65. The van der Waals surface area contributed by atoms with Crippen LogP contribution < -0.4 is 4.90 Å². The lowest BCUT2D eigenvalue weighted by molar-refractivity contribution is 1.21. The molecule has 0 radical (unpaired) electrons. The Morgan fingerprint density at radius 1 is 0.340 bits per heavy atom. The van der Waals surface area contributed by atoms with Crippen molar-refractivity contribution in [3.8, 4) is 22.3 Å². The second kappa shape index (κ2) is 11.3. The van der Waals surface area contributed by atoms with Crippen LogP contribution in [0.5, 0.6) is 0 Å². The van der Waals surface area contributed by atoms with Crippen LogP contribution in [0.1, 0.15) is 0 Å². The van der Waals surface area contributed by atoms with Crippen LogP contribution in [-0.4, -0.2) is 4.98 Å². The molecule has 0 bridgehead atoms. The van der Waals surface area contributed by atoms with Gasteiger partial charge in [-0.1, -0.05) is 133 Å². The summed E-state index contributed by atoms with van der Waals surface area (Å²) in [6.45, 7) is 0. The monoisotopic (exact) mass is 598 g/mol. The number of hydrogen-bond acceptors (Lipinski definition) is 2. The summed E-state index contributed by atoms with van der Waals surface area (Å²) < 4.78 is 0. The molecule has 0 fully saturated rings. The fraction of sp³-hybridized carbons (Fsp3) is 0. The Kier molecular flexibility index (Phi) is 6.50. The van der Waals surface area contributed by atoms with Crippen LogP contribution in [0, 0.1) is 0 Å². The average Bonchev–Trinajstić information content (AvgIpc) is 3.14. The molecule has 0 saturated carbocycles. The van der Waals surface area contributed by atoms with Crippen molar-refractivity contribution < 1.29 is 0 Å². The molecule has 1 heterocycles. The molecule has 0 atom stereocenters. The van der Waals surface area contributed by atoms with Crippen LogP contribution in [0.15, 0.2) is 182 Å². The third kappa shape index (κ3) is 4.70. The molecule has 0 spiro atoms. The number of nitrogens with zero attached hydrogens (tertiary/aromatic N) is 2. The van der Waals surface area contributed by atoms with E-state index in [9.17, 15) is 0 Å². The second-order valence-corrected chi connectivity index (χ2v) is 12.0. The van der Waals surface area contributed by atoms with Crippen molar-refractivity contribution in [3.05, 3.63) is 182 Å². The van der Waals surface area contributed by atoms with Crippen LogP contribution in [0.3, 0.4) is 0 Å². The number of pyridine rings is 1. The molecule has 0 amide bonds. The van der Waals surface area contributed by atoms with Gasteiger partial charge in [0.1, 0.15) is 5.82 Å². The van der Waals surface area contributed by atoms with E-state index in [1.807, 2.05) is 6.07 Å². The maximum Gasteiger partial charge on any atom is 0.138 e. The van der Waals surface area contributed by atoms with Crippen LogP contribution in [-0.2, 0) is 0 Å². The zero-order valence-corrected chi connectivity index (χ0v) is 25.7. The molecule has 2 nitrogen and oxygen atoms in total. The standard InChI is InChI=1S/C45H30N2/c1-2-15-36(16-3-1)47(43-29-26-32-13-6-11-21-42(32)46-43)37-27-24-33(25-28-37)44-38-17-7-9-19-40(38)45(41-20-10-8-18-39(41)44)35-23-22-31-12-4-5-14-34(31)30-35/h1-30H. The number of benzene rings is 8. The third-order valence-electron chi connectivity index (χ3n) is 9.21. The first-order valence-electron chi connectivity index (χ1n) is 16.1. The summed E-state index contributed by atoms with van der Waals surface area (Å²) in [6.07, 6.45) is 0. The van der Waals surface area contributed by atoms with E-state index < -0.39 is 0 Å². The number of rotatable bonds is 5. The summed E-state index contributed by atoms with van der Waals surface area (Å²) in [5.74, 6) is 0.887. The van der Waals surface area contributed by atoms with Crippen LogP contribution in [0.25, 0.3) is 65.5 Å². The van der Waals surface area contributed by atoms with Gasteiger partial charge in [-0.05, 0) is 103 Å². The molecule has 9 aromatic rings. The number of aromatic nitrogens is 1. The molecule has 220 valence electrons. The van der Waals surface area contributed by atoms with E-state index in [1.54, 1.807) is 0 Å². The normalized spacial score (nSPS) is 11.4. The van der Waals surface area contributed by atoms with Gasteiger partial charge in [-0.3, -0.25) is 4.90 Å². The first-order valence-corrected chi connectivity index (χ1v) is 16.1. The summed E-state index contributed by atoms with van der Waals surface area (Å²) in [7, 11) is 0. The van der Waals surface area contributed by atoms with Gasteiger partial charge in [-0.25, -0.2) is 4.98 Å². The van der Waals surface area contributed by atoms with Gasteiger partial charge in [0.15, 0.2) is 0 Å². The van der Waals surface area contributed by atoms with Gasteiger partial charge in [-0.2, -0.15) is 0 Å². The minimum atomic E-state index is 0.887. The predicted octanol–water partition coefficient (Wildman–Crippen LogP) is 12.5. The first kappa shape index (κ1) is 27.1. The van der Waals surface area contributed by atoms with Crippen LogP contribution in [0.4, 0.5) is 17.2 Å². The van der Waals surface area contributed by atoms with Crippen molar-refractivity contribution in [3.63, 3.8) is 0 Å². The molecule has 0 unspecified atom stereocenters. The van der Waals surface area contributed by atoms with Gasteiger partial charge in [0, 0.05) is 16.8 Å². The Hall–Kier alpha value is -6.25. The molecule has 0 aliphatic rings. The Morgan fingerprint density at radius 3 is 1.51 bits per heavy atom. The highest BCUT2D eigenvalue weighted by atomic mass is 15.2. The molecular weight excluding hydrogens is 569 g/mol. The van der Waals surface area contributed by atoms with Crippen molar-refractivity contribution in [1.82, 2.24) is 4.98 Å². The molecule has 0 N–H and O–H groups in total. The Morgan fingerprint density at radius 2 is 0.830 bits per heavy atom. The maximum atomic E-state index is 5.07. The number of fused-ring (bicyclic) bond motifs is 4. The van der Waals surface area contributed by atoms with E-state index in [0.717, 1.165) is 28.1 Å². The van der Waals surface area contributed by atoms with Gasteiger partial charge >= 0.3 is 0 Å². The van der Waals surface area contributed by atoms with E-state index in [2.05, 4.69) is 181 Å². The lowest BCUT2D eigenvalue weighted by atomic mass is 9.85. The summed E-state index contributed by atoms with van der Waals surface area (Å²) in [6, 6.07) is 65.1. The van der Waals surface area contributed by atoms with Crippen molar-refractivity contribution in [2.45, 2.75) is 0 Å². The fourth-order valence-electron chi connectivity index (χ4n) is 7.04. The molecule has 47 heavy (non-hydrogen) atoms. The van der Waals surface area contributed by atoms with E-state index >= 15 is 0 Å². The molecule has 8 aromatic carbocycles. The largest absolute Gasteiger partial charge is 0.295 e. The van der Waals surface area contributed by atoms with E-state index in [4.69, 9.17) is 4.98 Å². The Labute approximate surface area is 273 Å². The Bertz CT molecular complexity index is 2510. The molecule has 0 aliphatic carbocycles. The SMILES string of the molecule is c1ccc(N(c2ccc(-c3c4ccccc4c(-c4ccc5ccccc5c4)c4ccccc34)cc2)c2ccc3ccccc3n2)cc1. The molecule has 0 aliphatic heterocycles. The number of para-hydroxylation sites is 2. The summed E-state index contributed by atoms with van der Waals surface area (Å²) in [5.41, 5.74) is 8.06. The maximum absolute atomic E-state index is 5.07. The molecule has 1 aromatic heterocycles. The van der Waals surface area contributed by atoms with Gasteiger partial charge in [0.05, 0.1) is 5.52 Å². The second-order valence-electron chi connectivity index (χ2n) is 12.0. The number of anilines is 3. The van der Waals surface area contributed by atoms with Crippen LogP contribution >= 0.6 is 0 Å². The first-order chi connectivity index (χ1) is 23.3. The Balaban J connectivity index is 1.22. The number of hydrogen-bond donors (Lipinski definition) is 0. The lowest BCUT2D eigenvalue weighted by Gasteiger charge is -2.25. The van der Waals surface area contributed by atoms with Crippen LogP contribution in [0.2, 0.25) is 0 Å². The van der Waals surface area contributed by atoms with Gasteiger partial charge < -0.3 is 0 Å². The lowest BCUT2D eigenvalue weighted by Crippen LogP contribution is -2.11. The molecule has 2 heteroatoms. The van der Waals surface area contributed by atoms with E-state index in [1.165, 1.54) is 54.6 Å². The average molecular weight is 599 g/mol. The van der Waals surface area contributed by atoms with E-state index in [0.29, 0.717) is 0 Å². The minimum Gasteiger partial charge on any atom is -0.295 e. The highest BCUT2D eigenvalue weighted by Gasteiger charge is 2.18. The highest BCUT2D eigenvalue weighted by Crippen LogP contribution is 2.45. The fourth-order valence-corrected chi connectivity index (χ4v) is 7.04. The zero-order chi connectivity index (χ0) is 31.2. The van der Waals surface area contributed by atoms with Gasteiger partial charge in [0.25, 0.3) is 0 Å². The predicted molar refractivity (Wildman–Crippen MR) is 200 cm³/mol. The van der Waals surface area contributed by atoms with Crippen molar-refractivity contribution in [2.75, 3.05) is 4.90 Å². The molecule has 9 rings (SSSR count). The van der Waals surface area contributed by atoms with E-state index in [-0.39, 0.29) is 0 Å². The topological polar surface area (TPSA) is 16.1 Å². The molecule has 0 saturated heterocycles. The molecular formula is C45H30N2. The summed E-state index contributed by atoms with van der Waals surface area (Å²) in [4.78, 5) is 7.31. The van der Waals surface area contributed by atoms with Crippen molar-refractivity contribution in [1.29, 1.82) is 0 Å². The van der Waals surface area contributed by atoms with Gasteiger partial charge in [0.2, 0.25) is 0 Å². The highest BCUT2D eigenvalue weighted by molar-refractivity contribution is 6.21. The van der Waals surface area contributed by atoms with Gasteiger partial charge in [-0.15, -0.1) is 0 Å². The minimum absolute atomic E-state index is 0.887. The zero-order valence-electron chi connectivity index (χ0n) is 25.7.